The van der Waals surface area contributed by atoms with Crippen LogP contribution >= 0.6 is 15.9 Å². The van der Waals surface area contributed by atoms with E-state index in [2.05, 4.69) is 26.6 Å². The molecule has 1 unspecified atom stereocenters. The maximum absolute atomic E-state index is 13.3. The molecule has 100 valence electrons. The van der Waals surface area contributed by atoms with Gasteiger partial charge < -0.3 is 5.32 Å². The van der Waals surface area contributed by atoms with Crippen LogP contribution < -0.4 is 10.6 Å². The summed E-state index contributed by atoms with van der Waals surface area (Å²) in [6.07, 6.45) is 0.417. The first-order valence-electron chi connectivity index (χ1n) is 5.57. The van der Waals surface area contributed by atoms with Crippen molar-refractivity contribution in [2.24, 2.45) is 0 Å². The molecule has 1 aromatic rings. The Morgan fingerprint density at radius 3 is 2.79 bits per heavy atom. The predicted molar refractivity (Wildman–Crippen MR) is 67.7 cm³/mol. The first kappa shape index (κ1) is 13.7. The van der Waals surface area contributed by atoms with Crippen molar-refractivity contribution in [3.8, 4) is 0 Å². The average molecular weight is 329 g/mol. The zero-order chi connectivity index (χ0) is 14.0. The van der Waals surface area contributed by atoms with Crippen LogP contribution in [0.3, 0.4) is 0 Å². The minimum absolute atomic E-state index is 0.116. The van der Waals surface area contributed by atoms with Gasteiger partial charge in [-0.2, -0.15) is 0 Å². The Balaban J connectivity index is 2.06. The number of piperidine rings is 1. The van der Waals surface area contributed by atoms with E-state index >= 15 is 0 Å². The molecule has 1 aliphatic heterocycles. The molecule has 0 aromatic heterocycles. The lowest BCUT2D eigenvalue weighted by atomic mass is 10.1. The number of nitrogens with one attached hydrogen (secondary N) is 2. The largest absolute Gasteiger partial charge is 0.340 e. The van der Waals surface area contributed by atoms with E-state index in [0.29, 0.717) is 0 Å². The molecule has 1 aromatic carbocycles. The third kappa shape index (κ3) is 3.17. The highest BCUT2D eigenvalue weighted by molar-refractivity contribution is 9.10. The fourth-order valence-corrected chi connectivity index (χ4v) is 1.96. The number of imide groups is 1. The van der Waals surface area contributed by atoms with Gasteiger partial charge in [0.25, 0.3) is 5.91 Å². The fraction of sp³-hybridized carbons (Fsp3) is 0.250. The third-order valence-corrected chi connectivity index (χ3v) is 3.37. The standard InChI is InChI=1S/C12H10BrFN2O3/c13-7-2-1-6(5-8(7)14)11(18)15-9-3-4-10(17)16-12(9)19/h1-2,5,9H,3-4H2,(H,15,18)(H,16,17,19). The van der Waals surface area contributed by atoms with Crippen molar-refractivity contribution in [1.29, 1.82) is 0 Å². The minimum atomic E-state index is -0.767. The number of rotatable bonds is 2. The molecule has 3 amide bonds. The third-order valence-electron chi connectivity index (χ3n) is 2.73. The topological polar surface area (TPSA) is 75.3 Å². The van der Waals surface area contributed by atoms with Crippen LogP contribution in [0.15, 0.2) is 22.7 Å². The van der Waals surface area contributed by atoms with Crippen molar-refractivity contribution >= 4 is 33.7 Å². The highest BCUT2D eigenvalue weighted by Crippen LogP contribution is 2.16. The highest BCUT2D eigenvalue weighted by atomic mass is 79.9. The van der Waals surface area contributed by atoms with Crippen LogP contribution in [-0.2, 0) is 9.59 Å². The van der Waals surface area contributed by atoms with Crippen LogP contribution in [0, 0.1) is 5.82 Å². The van der Waals surface area contributed by atoms with E-state index in [0.717, 1.165) is 6.07 Å². The molecule has 0 aliphatic carbocycles. The second-order valence-corrected chi connectivity index (χ2v) is 4.96. The minimum Gasteiger partial charge on any atom is -0.340 e. The van der Waals surface area contributed by atoms with Crippen molar-refractivity contribution in [2.75, 3.05) is 0 Å². The van der Waals surface area contributed by atoms with Crippen LogP contribution in [0.5, 0.6) is 0 Å². The summed E-state index contributed by atoms with van der Waals surface area (Å²) in [5.41, 5.74) is 0.116. The van der Waals surface area contributed by atoms with E-state index < -0.39 is 23.7 Å². The molecular formula is C12H10BrFN2O3. The SMILES string of the molecule is O=C1CCC(NC(=O)c2ccc(Br)c(F)c2)C(=O)N1. The quantitative estimate of drug-likeness (QED) is 0.799. The molecule has 0 spiro atoms. The maximum Gasteiger partial charge on any atom is 0.252 e. The van der Waals surface area contributed by atoms with Crippen molar-refractivity contribution in [3.05, 3.63) is 34.1 Å². The molecule has 0 bridgehead atoms. The summed E-state index contributed by atoms with van der Waals surface area (Å²) in [6, 6.07) is 3.16. The van der Waals surface area contributed by atoms with Gasteiger partial charge in [-0.25, -0.2) is 4.39 Å². The molecule has 0 saturated carbocycles. The summed E-state index contributed by atoms with van der Waals surface area (Å²) < 4.78 is 13.5. The summed E-state index contributed by atoms with van der Waals surface area (Å²) >= 11 is 2.98. The Morgan fingerprint density at radius 1 is 1.42 bits per heavy atom. The van der Waals surface area contributed by atoms with Gasteiger partial charge in [0.1, 0.15) is 11.9 Å². The van der Waals surface area contributed by atoms with Crippen LogP contribution in [0.4, 0.5) is 4.39 Å². The Morgan fingerprint density at radius 2 is 2.16 bits per heavy atom. The number of carbonyl (C=O) groups excluding carboxylic acids is 3. The fourth-order valence-electron chi connectivity index (χ4n) is 1.71. The number of benzene rings is 1. The van der Waals surface area contributed by atoms with Crippen molar-refractivity contribution in [2.45, 2.75) is 18.9 Å². The summed E-state index contributed by atoms with van der Waals surface area (Å²) in [6.45, 7) is 0. The summed E-state index contributed by atoms with van der Waals surface area (Å²) in [7, 11) is 0. The van der Waals surface area contributed by atoms with Gasteiger partial charge >= 0.3 is 0 Å². The maximum atomic E-state index is 13.3. The average Bonchev–Trinajstić information content (AvgIpc) is 2.36. The molecule has 1 atom stereocenters. The molecular weight excluding hydrogens is 319 g/mol. The lowest BCUT2D eigenvalue weighted by molar-refractivity contribution is -0.134. The van der Waals surface area contributed by atoms with Gasteiger partial charge in [-0.15, -0.1) is 0 Å². The van der Waals surface area contributed by atoms with E-state index in [9.17, 15) is 18.8 Å². The molecule has 1 saturated heterocycles. The van der Waals surface area contributed by atoms with E-state index in [1.54, 1.807) is 0 Å². The lowest BCUT2D eigenvalue weighted by Gasteiger charge is -2.21. The van der Waals surface area contributed by atoms with Gasteiger partial charge in [0, 0.05) is 12.0 Å². The van der Waals surface area contributed by atoms with Crippen LogP contribution in [0.1, 0.15) is 23.2 Å². The van der Waals surface area contributed by atoms with E-state index in [1.807, 2.05) is 0 Å². The summed E-state index contributed by atoms with van der Waals surface area (Å²) in [5.74, 6) is -2.01. The Hall–Kier alpha value is -1.76. The molecule has 1 fully saturated rings. The van der Waals surface area contributed by atoms with E-state index in [-0.39, 0.29) is 28.8 Å². The zero-order valence-corrected chi connectivity index (χ0v) is 11.3. The molecule has 1 heterocycles. The lowest BCUT2D eigenvalue weighted by Crippen LogP contribution is -2.52. The van der Waals surface area contributed by atoms with Crippen molar-refractivity contribution < 1.29 is 18.8 Å². The van der Waals surface area contributed by atoms with Gasteiger partial charge in [-0.3, -0.25) is 19.7 Å². The second kappa shape index (κ2) is 5.48. The van der Waals surface area contributed by atoms with Crippen LogP contribution in [-0.4, -0.2) is 23.8 Å². The second-order valence-electron chi connectivity index (χ2n) is 4.11. The van der Waals surface area contributed by atoms with Gasteiger partial charge in [0.2, 0.25) is 11.8 Å². The van der Waals surface area contributed by atoms with Crippen LogP contribution in [0.25, 0.3) is 0 Å². The molecule has 2 N–H and O–H groups in total. The summed E-state index contributed by atoms with van der Waals surface area (Å²) in [5, 5.41) is 4.60. The Labute approximate surface area is 116 Å². The summed E-state index contributed by atoms with van der Waals surface area (Å²) in [4.78, 5) is 34.3. The number of halogens is 2. The van der Waals surface area contributed by atoms with Crippen molar-refractivity contribution in [1.82, 2.24) is 10.6 Å². The Kier molecular flexibility index (Phi) is 3.94. The van der Waals surface area contributed by atoms with Gasteiger partial charge in [-0.05, 0) is 40.5 Å². The van der Waals surface area contributed by atoms with Crippen molar-refractivity contribution in [3.63, 3.8) is 0 Å². The van der Waals surface area contributed by atoms with Gasteiger partial charge in [0.05, 0.1) is 4.47 Å². The number of amides is 3. The molecule has 1 aliphatic rings. The molecule has 5 nitrogen and oxygen atoms in total. The normalized spacial score (nSPS) is 18.9. The molecule has 19 heavy (non-hydrogen) atoms. The first-order chi connectivity index (χ1) is 8.97. The van der Waals surface area contributed by atoms with Gasteiger partial charge in [0.15, 0.2) is 0 Å². The predicted octanol–water partition coefficient (Wildman–Crippen LogP) is 1.12. The molecule has 2 rings (SSSR count). The molecule has 7 heteroatoms. The van der Waals surface area contributed by atoms with E-state index in [1.165, 1.54) is 12.1 Å². The number of carbonyl (C=O) groups is 3. The smallest absolute Gasteiger partial charge is 0.252 e. The number of hydrogen-bond donors (Lipinski definition) is 2. The Bertz CT molecular complexity index is 562. The first-order valence-corrected chi connectivity index (χ1v) is 6.36. The zero-order valence-electron chi connectivity index (χ0n) is 9.70. The van der Waals surface area contributed by atoms with Gasteiger partial charge in [-0.1, -0.05) is 0 Å². The van der Waals surface area contributed by atoms with Crippen LogP contribution in [0.2, 0.25) is 0 Å². The highest BCUT2D eigenvalue weighted by Gasteiger charge is 2.28. The molecule has 0 radical (unpaired) electrons. The monoisotopic (exact) mass is 328 g/mol. The number of hydrogen-bond acceptors (Lipinski definition) is 3. The van der Waals surface area contributed by atoms with E-state index in [4.69, 9.17) is 0 Å².